The third-order valence-corrected chi connectivity index (χ3v) is 3.44. The van der Waals surface area contributed by atoms with Gasteiger partial charge in [-0.3, -0.25) is 4.79 Å². The second-order valence-corrected chi connectivity index (χ2v) is 5.45. The number of phenolic OH excluding ortho intramolecular Hbond substituents is 1. The van der Waals surface area contributed by atoms with E-state index in [1.807, 2.05) is 0 Å². The SMILES string of the molecule is COc1cc([N+](=O)O)cc(/C=N/NC(=O)CNc2cccc(Cl)c2)c1O. The van der Waals surface area contributed by atoms with E-state index in [-0.39, 0.29) is 34.2 Å². The summed E-state index contributed by atoms with van der Waals surface area (Å²) in [7, 11) is 1.29. The van der Waals surface area contributed by atoms with Crippen molar-refractivity contribution >= 4 is 35.1 Å². The van der Waals surface area contributed by atoms with Gasteiger partial charge in [0, 0.05) is 22.3 Å². The van der Waals surface area contributed by atoms with Gasteiger partial charge in [-0.2, -0.15) is 5.10 Å². The maximum Gasteiger partial charge on any atom is 0.321 e. The smallest absolute Gasteiger partial charge is 0.321 e. The van der Waals surface area contributed by atoms with Gasteiger partial charge in [-0.25, -0.2) is 10.6 Å². The lowest BCUT2D eigenvalue weighted by molar-refractivity contribution is -0.729. The molecule has 0 radical (unpaired) electrons. The normalized spacial score (nSPS) is 10.5. The number of benzene rings is 2. The second-order valence-electron chi connectivity index (χ2n) is 5.02. The van der Waals surface area contributed by atoms with Crippen molar-refractivity contribution in [2.75, 3.05) is 19.0 Å². The van der Waals surface area contributed by atoms with E-state index in [1.165, 1.54) is 13.2 Å². The molecule has 1 amide bonds. The van der Waals surface area contributed by atoms with Crippen molar-refractivity contribution in [2.45, 2.75) is 0 Å². The molecule has 26 heavy (non-hydrogen) atoms. The summed E-state index contributed by atoms with van der Waals surface area (Å²) < 4.78 is 4.90. The molecule has 0 saturated carbocycles. The van der Waals surface area contributed by atoms with Crippen molar-refractivity contribution < 1.29 is 24.8 Å². The first-order chi connectivity index (χ1) is 12.4. The monoisotopic (exact) mass is 379 g/mol. The van der Waals surface area contributed by atoms with Crippen LogP contribution < -0.4 is 15.5 Å². The lowest BCUT2D eigenvalue weighted by Crippen LogP contribution is -2.25. The van der Waals surface area contributed by atoms with Gasteiger partial charge in [-0.15, -0.1) is 0 Å². The molecule has 0 aliphatic carbocycles. The topological polar surface area (TPSA) is 123 Å². The molecular weight excluding hydrogens is 364 g/mol. The Kier molecular flexibility index (Phi) is 6.34. The highest BCUT2D eigenvalue weighted by molar-refractivity contribution is 6.30. The van der Waals surface area contributed by atoms with E-state index in [0.29, 0.717) is 10.7 Å². The van der Waals surface area contributed by atoms with Crippen LogP contribution in [0, 0.1) is 4.91 Å². The molecule has 10 heteroatoms. The summed E-state index contributed by atoms with van der Waals surface area (Å²) in [5.41, 5.74) is 2.83. The van der Waals surface area contributed by atoms with E-state index < -0.39 is 5.91 Å². The number of aromatic hydroxyl groups is 1. The maximum atomic E-state index is 11.8. The molecule has 0 bridgehead atoms. The Morgan fingerprint density at radius 2 is 2.15 bits per heavy atom. The molecular formula is C16H16ClN4O5+. The molecule has 0 aliphatic rings. The van der Waals surface area contributed by atoms with Crippen LogP contribution in [0.4, 0.5) is 11.4 Å². The van der Waals surface area contributed by atoms with Crippen LogP contribution in [0.1, 0.15) is 5.56 Å². The minimum absolute atomic E-state index is 0.0344. The van der Waals surface area contributed by atoms with Gasteiger partial charge >= 0.3 is 5.69 Å². The number of nitrogens with zero attached hydrogens (tertiary/aromatic N) is 2. The van der Waals surface area contributed by atoms with Crippen LogP contribution in [-0.4, -0.2) is 41.0 Å². The number of nitrogens with one attached hydrogen (secondary N) is 2. The van der Waals surface area contributed by atoms with Gasteiger partial charge < -0.3 is 15.2 Å². The molecule has 2 rings (SSSR count). The number of anilines is 1. The predicted octanol–water partition coefficient (Wildman–Crippen LogP) is 2.42. The number of rotatable bonds is 7. The zero-order valence-corrected chi connectivity index (χ0v) is 14.4. The van der Waals surface area contributed by atoms with Crippen LogP contribution in [0.3, 0.4) is 0 Å². The van der Waals surface area contributed by atoms with Gasteiger partial charge in [-0.1, -0.05) is 17.7 Å². The first kappa shape index (κ1) is 19.0. The Labute approximate surface area is 153 Å². The van der Waals surface area contributed by atoms with Crippen LogP contribution in [0.25, 0.3) is 0 Å². The van der Waals surface area contributed by atoms with E-state index in [1.54, 1.807) is 24.3 Å². The molecule has 2 aromatic rings. The minimum atomic E-state index is -0.448. The van der Waals surface area contributed by atoms with E-state index >= 15 is 0 Å². The number of hydrogen-bond acceptors (Lipinski definition) is 6. The highest BCUT2D eigenvalue weighted by Crippen LogP contribution is 2.33. The molecule has 136 valence electrons. The molecule has 0 aliphatic heterocycles. The Morgan fingerprint density at radius 3 is 2.81 bits per heavy atom. The molecule has 4 N–H and O–H groups in total. The van der Waals surface area contributed by atoms with E-state index in [0.717, 1.165) is 12.3 Å². The average Bonchev–Trinajstić information content (AvgIpc) is 2.61. The lowest BCUT2D eigenvalue weighted by Gasteiger charge is -2.06. The predicted molar refractivity (Wildman–Crippen MR) is 95.4 cm³/mol. The molecule has 0 spiro atoms. The number of ether oxygens (including phenoxy) is 1. The Bertz CT molecular complexity index is 857. The zero-order valence-electron chi connectivity index (χ0n) is 13.6. The van der Waals surface area contributed by atoms with Crippen LogP contribution in [-0.2, 0) is 4.79 Å². The van der Waals surface area contributed by atoms with Crippen molar-refractivity contribution in [3.05, 3.63) is 51.9 Å². The van der Waals surface area contributed by atoms with Crippen molar-refractivity contribution in [1.82, 2.24) is 5.43 Å². The van der Waals surface area contributed by atoms with Crippen LogP contribution in [0.2, 0.25) is 5.02 Å². The quantitative estimate of drug-likeness (QED) is 0.432. The van der Waals surface area contributed by atoms with Gasteiger partial charge in [-0.05, 0) is 18.2 Å². The van der Waals surface area contributed by atoms with Crippen LogP contribution in [0.5, 0.6) is 11.5 Å². The van der Waals surface area contributed by atoms with E-state index in [4.69, 9.17) is 21.5 Å². The summed E-state index contributed by atoms with van der Waals surface area (Å²) in [6.45, 7) is -0.0575. The van der Waals surface area contributed by atoms with Gasteiger partial charge in [0.25, 0.3) is 10.8 Å². The number of carbonyl (C=O) groups excluding carboxylic acids is 1. The van der Waals surface area contributed by atoms with Crippen molar-refractivity contribution in [1.29, 1.82) is 0 Å². The second kappa shape index (κ2) is 8.67. The summed E-state index contributed by atoms with van der Waals surface area (Å²) in [4.78, 5) is 22.4. The number of phenols is 1. The Morgan fingerprint density at radius 1 is 1.38 bits per heavy atom. The molecule has 2 aromatic carbocycles. The summed E-state index contributed by atoms with van der Waals surface area (Å²) in [6.07, 6.45) is 1.11. The fourth-order valence-electron chi connectivity index (χ4n) is 1.97. The van der Waals surface area contributed by atoms with Crippen molar-refractivity contribution in [3.63, 3.8) is 0 Å². The maximum absolute atomic E-state index is 11.8. The fourth-order valence-corrected chi connectivity index (χ4v) is 2.16. The molecule has 9 nitrogen and oxygen atoms in total. The van der Waals surface area contributed by atoms with Gasteiger partial charge in [0.2, 0.25) is 0 Å². The number of carbonyl (C=O) groups is 1. The molecule has 0 fully saturated rings. The van der Waals surface area contributed by atoms with E-state index in [9.17, 15) is 14.8 Å². The molecule has 0 saturated heterocycles. The van der Waals surface area contributed by atoms with Crippen LogP contribution in [0.15, 0.2) is 41.5 Å². The van der Waals surface area contributed by atoms with Crippen LogP contribution >= 0.6 is 11.6 Å². The molecule has 0 atom stereocenters. The number of amides is 1. The highest BCUT2D eigenvalue weighted by Gasteiger charge is 2.19. The third kappa shape index (κ3) is 5.08. The fraction of sp³-hybridized carbons (Fsp3) is 0.125. The summed E-state index contributed by atoms with van der Waals surface area (Å²) in [5, 5.41) is 26.1. The van der Waals surface area contributed by atoms with Gasteiger partial charge in [0.1, 0.15) is 0 Å². The summed E-state index contributed by atoms with van der Waals surface area (Å²) in [5.74, 6) is -0.780. The summed E-state index contributed by atoms with van der Waals surface area (Å²) in [6, 6.07) is 9.18. The Balaban J connectivity index is 2.00. The van der Waals surface area contributed by atoms with E-state index in [2.05, 4.69) is 15.8 Å². The van der Waals surface area contributed by atoms with Crippen molar-refractivity contribution in [3.8, 4) is 11.5 Å². The largest absolute Gasteiger partial charge is 0.504 e. The van der Waals surface area contributed by atoms with Gasteiger partial charge in [0.15, 0.2) is 11.5 Å². The van der Waals surface area contributed by atoms with Crippen molar-refractivity contribution in [2.24, 2.45) is 5.10 Å². The molecule has 0 aromatic heterocycles. The lowest BCUT2D eigenvalue weighted by atomic mass is 10.2. The van der Waals surface area contributed by atoms with Gasteiger partial charge in [0.05, 0.1) is 30.8 Å². The minimum Gasteiger partial charge on any atom is -0.504 e. The molecule has 0 heterocycles. The number of methoxy groups -OCH3 is 1. The third-order valence-electron chi connectivity index (χ3n) is 3.20. The first-order valence-corrected chi connectivity index (χ1v) is 7.67. The zero-order chi connectivity index (χ0) is 19.1. The number of halogens is 1. The molecule has 0 unspecified atom stereocenters. The number of hydrazone groups is 1. The summed E-state index contributed by atoms with van der Waals surface area (Å²) >= 11 is 5.84. The number of hydrogen-bond donors (Lipinski definition) is 4. The highest BCUT2D eigenvalue weighted by atomic mass is 35.5. The Hall–Kier alpha value is -3.33. The first-order valence-electron chi connectivity index (χ1n) is 7.29. The average molecular weight is 380 g/mol. The standard InChI is InChI=1S/C16H15ClN4O5/c1-26-14-7-13(21(24)25)5-10(16(14)23)8-19-20-15(22)9-18-12-4-2-3-11(17)6-12/h2-8,18H,9H2,1H3,(H2-,19,20,22,23,24,25)/p+1.